The van der Waals surface area contributed by atoms with E-state index < -0.39 is 10.9 Å². The van der Waals surface area contributed by atoms with Crippen LogP contribution in [0.5, 0.6) is 11.5 Å². The summed E-state index contributed by atoms with van der Waals surface area (Å²) in [4.78, 5) is 22.2. The van der Waals surface area contributed by atoms with Gasteiger partial charge in [0, 0.05) is 6.07 Å². The number of anilines is 1. The van der Waals surface area contributed by atoms with Gasteiger partial charge < -0.3 is 19.9 Å². The molecule has 0 spiro atoms. The van der Waals surface area contributed by atoms with E-state index in [9.17, 15) is 14.9 Å². The first-order valence-corrected chi connectivity index (χ1v) is 7.12. The van der Waals surface area contributed by atoms with Crippen LogP contribution in [0.4, 0.5) is 11.4 Å². The number of halogens is 1. The number of benzene rings is 2. The summed E-state index contributed by atoms with van der Waals surface area (Å²) in [5.41, 5.74) is 5.74. The Morgan fingerprint density at radius 3 is 2.88 bits per heavy atom. The van der Waals surface area contributed by atoms with Gasteiger partial charge in [-0.25, -0.2) is 4.79 Å². The number of ether oxygens (including phenoxy) is 3. The van der Waals surface area contributed by atoms with Gasteiger partial charge in [0.1, 0.15) is 12.3 Å². The van der Waals surface area contributed by atoms with Crippen molar-refractivity contribution in [2.24, 2.45) is 0 Å². The van der Waals surface area contributed by atoms with E-state index in [0.29, 0.717) is 22.1 Å². The molecule has 1 aliphatic rings. The van der Waals surface area contributed by atoms with E-state index in [2.05, 4.69) is 0 Å². The Labute approximate surface area is 140 Å². The number of carbonyl (C=O) groups excluding carboxylic acids is 1. The number of hydrogen-bond donors (Lipinski definition) is 1. The zero-order valence-corrected chi connectivity index (χ0v) is 12.9. The fourth-order valence-electron chi connectivity index (χ4n) is 2.17. The Balaban J connectivity index is 1.73. The minimum atomic E-state index is -0.716. The molecule has 1 heterocycles. The van der Waals surface area contributed by atoms with Gasteiger partial charge in [-0.1, -0.05) is 11.6 Å². The minimum Gasteiger partial charge on any atom is -0.457 e. The topological polar surface area (TPSA) is 114 Å². The number of nitro groups is 1. The van der Waals surface area contributed by atoms with E-state index >= 15 is 0 Å². The van der Waals surface area contributed by atoms with Crippen molar-refractivity contribution >= 4 is 28.9 Å². The normalized spacial score (nSPS) is 12.0. The molecule has 8 nitrogen and oxygen atoms in total. The number of rotatable bonds is 4. The maximum atomic E-state index is 12.0. The van der Waals surface area contributed by atoms with E-state index in [4.69, 9.17) is 31.5 Å². The summed E-state index contributed by atoms with van der Waals surface area (Å²) >= 11 is 6.05. The van der Waals surface area contributed by atoms with Crippen molar-refractivity contribution in [1.82, 2.24) is 0 Å². The average molecular weight is 351 g/mol. The Bertz CT molecular complexity index is 839. The Morgan fingerprint density at radius 1 is 1.33 bits per heavy atom. The van der Waals surface area contributed by atoms with Crippen molar-refractivity contribution in [3.8, 4) is 11.5 Å². The van der Waals surface area contributed by atoms with E-state index in [1.165, 1.54) is 12.1 Å². The lowest BCUT2D eigenvalue weighted by atomic mass is 10.1. The highest BCUT2D eigenvalue weighted by atomic mass is 35.5. The monoisotopic (exact) mass is 350 g/mol. The lowest BCUT2D eigenvalue weighted by molar-refractivity contribution is -0.383. The lowest BCUT2D eigenvalue weighted by Gasteiger charge is -2.07. The highest BCUT2D eigenvalue weighted by Gasteiger charge is 2.20. The molecule has 24 heavy (non-hydrogen) atoms. The molecule has 0 fully saturated rings. The molecule has 2 N–H and O–H groups in total. The van der Waals surface area contributed by atoms with Crippen LogP contribution in [0.2, 0.25) is 5.02 Å². The second-order valence-electron chi connectivity index (χ2n) is 4.92. The smallest absolute Gasteiger partial charge is 0.338 e. The number of nitrogens with two attached hydrogens (primary N) is 1. The largest absolute Gasteiger partial charge is 0.457 e. The first kappa shape index (κ1) is 15.9. The number of carbonyl (C=O) groups is 1. The summed E-state index contributed by atoms with van der Waals surface area (Å²) in [6.45, 7) is 0.000760. The second kappa shape index (κ2) is 6.25. The van der Waals surface area contributed by atoms with Gasteiger partial charge in [0.15, 0.2) is 11.5 Å². The standard InChI is InChI=1S/C15H11ClN2O6/c16-10-3-8(4-13-14(10)24-7-23-13)6-22-15(19)9-1-2-11(17)12(5-9)18(20)21/h1-5H,6-7,17H2. The van der Waals surface area contributed by atoms with Gasteiger partial charge in [0.2, 0.25) is 6.79 Å². The average Bonchev–Trinajstić information content (AvgIpc) is 3.02. The molecule has 124 valence electrons. The summed E-state index contributed by atoms with van der Waals surface area (Å²) in [6, 6.07) is 6.95. The van der Waals surface area contributed by atoms with Crippen molar-refractivity contribution in [1.29, 1.82) is 0 Å². The highest BCUT2D eigenvalue weighted by Crippen LogP contribution is 2.40. The first-order chi connectivity index (χ1) is 11.5. The first-order valence-electron chi connectivity index (χ1n) is 6.75. The van der Waals surface area contributed by atoms with E-state index in [1.807, 2.05) is 0 Å². The molecule has 0 radical (unpaired) electrons. The van der Waals surface area contributed by atoms with Crippen molar-refractivity contribution in [2.75, 3.05) is 12.5 Å². The Morgan fingerprint density at radius 2 is 2.12 bits per heavy atom. The maximum absolute atomic E-state index is 12.0. The van der Waals surface area contributed by atoms with Gasteiger partial charge in [-0.05, 0) is 29.8 Å². The predicted molar refractivity (Wildman–Crippen MR) is 84.2 cm³/mol. The van der Waals surface area contributed by atoms with Gasteiger partial charge in [-0.2, -0.15) is 0 Å². The molecule has 0 aliphatic carbocycles. The van der Waals surface area contributed by atoms with Gasteiger partial charge in [-0.15, -0.1) is 0 Å². The molecular weight excluding hydrogens is 340 g/mol. The SMILES string of the molecule is Nc1ccc(C(=O)OCc2cc(Cl)c3c(c2)OCO3)cc1[N+](=O)[O-]. The van der Waals surface area contributed by atoms with Crippen LogP contribution in [0.25, 0.3) is 0 Å². The fraction of sp³-hybridized carbons (Fsp3) is 0.133. The number of hydrogen-bond acceptors (Lipinski definition) is 7. The van der Waals surface area contributed by atoms with Crippen LogP contribution in [0.3, 0.4) is 0 Å². The molecule has 0 unspecified atom stereocenters. The molecule has 0 aromatic heterocycles. The van der Waals surface area contributed by atoms with Gasteiger partial charge in [0.25, 0.3) is 5.69 Å². The summed E-state index contributed by atoms with van der Waals surface area (Å²) in [7, 11) is 0. The van der Waals surface area contributed by atoms with Gasteiger partial charge in [-0.3, -0.25) is 10.1 Å². The van der Waals surface area contributed by atoms with Crippen LogP contribution < -0.4 is 15.2 Å². The number of nitrogens with zero attached hydrogens (tertiary/aromatic N) is 1. The molecule has 3 rings (SSSR count). The molecule has 0 amide bonds. The third-order valence-corrected chi connectivity index (χ3v) is 3.60. The lowest BCUT2D eigenvalue weighted by Crippen LogP contribution is -2.07. The van der Waals surface area contributed by atoms with Crippen LogP contribution in [-0.2, 0) is 11.3 Å². The molecule has 2 aromatic carbocycles. The molecule has 0 saturated carbocycles. The Kier molecular flexibility index (Phi) is 4.13. The van der Waals surface area contributed by atoms with Crippen LogP contribution >= 0.6 is 11.6 Å². The van der Waals surface area contributed by atoms with E-state index in [0.717, 1.165) is 6.07 Å². The summed E-state index contributed by atoms with van der Waals surface area (Å²) < 4.78 is 15.6. The quantitative estimate of drug-likeness (QED) is 0.390. The number of nitro benzene ring substituents is 1. The number of fused-ring (bicyclic) bond motifs is 1. The predicted octanol–water partition coefficient (Wildman–Crippen LogP) is 2.92. The number of nitrogen functional groups attached to an aromatic ring is 1. The van der Waals surface area contributed by atoms with Gasteiger partial charge in [0.05, 0.1) is 15.5 Å². The summed E-state index contributed by atoms with van der Waals surface area (Å²) in [5.74, 6) is 0.199. The molecule has 1 aliphatic heterocycles. The summed E-state index contributed by atoms with van der Waals surface area (Å²) in [5, 5.41) is 11.2. The van der Waals surface area contributed by atoms with Crippen LogP contribution in [0.15, 0.2) is 30.3 Å². The number of esters is 1. The maximum Gasteiger partial charge on any atom is 0.338 e. The highest BCUT2D eigenvalue weighted by molar-refractivity contribution is 6.32. The van der Waals surface area contributed by atoms with E-state index in [1.54, 1.807) is 12.1 Å². The molecule has 9 heteroatoms. The van der Waals surface area contributed by atoms with Crippen molar-refractivity contribution in [3.63, 3.8) is 0 Å². The van der Waals surface area contributed by atoms with Crippen molar-refractivity contribution in [2.45, 2.75) is 6.61 Å². The van der Waals surface area contributed by atoms with Crippen molar-refractivity contribution in [3.05, 3.63) is 56.6 Å². The molecule has 0 atom stereocenters. The molecule has 0 saturated heterocycles. The Hall–Kier alpha value is -3.00. The fourth-order valence-corrected chi connectivity index (χ4v) is 2.45. The summed E-state index contributed by atoms with van der Waals surface area (Å²) in [6.07, 6.45) is 0. The van der Waals surface area contributed by atoms with Crippen LogP contribution in [-0.4, -0.2) is 17.7 Å². The van der Waals surface area contributed by atoms with Crippen molar-refractivity contribution < 1.29 is 23.9 Å². The van der Waals surface area contributed by atoms with E-state index in [-0.39, 0.29) is 30.3 Å². The van der Waals surface area contributed by atoms with Crippen LogP contribution in [0, 0.1) is 10.1 Å². The molecule has 2 aromatic rings. The second-order valence-corrected chi connectivity index (χ2v) is 5.33. The zero-order valence-electron chi connectivity index (χ0n) is 12.2. The third kappa shape index (κ3) is 3.04. The zero-order chi connectivity index (χ0) is 17.3. The van der Waals surface area contributed by atoms with Gasteiger partial charge >= 0.3 is 5.97 Å². The van der Waals surface area contributed by atoms with Crippen LogP contribution in [0.1, 0.15) is 15.9 Å². The molecular formula is C15H11ClN2O6. The third-order valence-electron chi connectivity index (χ3n) is 3.32. The minimum absolute atomic E-state index is 0.0286. The molecule has 0 bridgehead atoms.